The molecule has 0 aliphatic carbocycles. The van der Waals surface area contributed by atoms with Crippen LogP contribution in [0.1, 0.15) is 39.0 Å². The van der Waals surface area contributed by atoms with Crippen LogP contribution in [0.25, 0.3) is 0 Å². The molecule has 0 radical (unpaired) electrons. The molecular formula is C15H29ClN4. The SMILES string of the molecule is CCN(CC)C(C)(C)C(Cc1c(C)nn(C)c1Cl)NC. The van der Waals surface area contributed by atoms with Gasteiger partial charge in [-0.25, -0.2) is 0 Å². The Labute approximate surface area is 128 Å². The average Bonchev–Trinajstić information content (AvgIpc) is 2.62. The lowest BCUT2D eigenvalue weighted by molar-refractivity contribution is 0.0943. The predicted octanol–water partition coefficient (Wildman–Crippen LogP) is 2.63. The molecule has 1 heterocycles. The van der Waals surface area contributed by atoms with Crippen molar-refractivity contribution in [2.45, 2.75) is 52.6 Å². The first-order valence-corrected chi connectivity index (χ1v) is 7.77. The topological polar surface area (TPSA) is 33.1 Å². The van der Waals surface area contributed by atoms with E-state index in [1.165, 1.54) is 0 Å². The third-order valence-electron chi connectivity index (χ3n) is 4.46. The molecule has 5 heteroatoms. The normalized spacial score (nSPS) is 14.1. The van der Waals surface area contributed by atoms with Crippen LogP contribution in [0.15, 0.2) is 0 Å². The summed E-state index contributed by atoms with van der Waals surface area (Å²) < 4.78 is 1.75. The first-order valence-electron chi connectivity index (χ1n) is 7.39. The Hall–Kier alpha value is -0.580. The summed E-state index contributed by atoms with van der Waals surface area (Å²) in [6.45, 7) is 13.1. The second-order valence-corrected chi connectivity index (χ2v) is 6.21. The summed E-state index contributed by atoms with van der Waals surface area (Å²) in [6, 6.07) is 0.322. The summed E-state index contributed by atoms with van der Waals surface area (Å²) in [7, 11) is 3.91. The first-order chi connectivity index (χ1) is 9.29. The Kier molecular flexibility index (Phi) is 6.05. The summed E-state index contributed by atoms with van der Waals surface area (Å²) in [5.41, 5.74) is 2.23. The minimum atomic E-state index is 0.0594. The molecule has 1 aromatic rings. The van der Waals surface area contributed by atoms with Crippen LogP contribution in [0, 0.1) is 6.92 Å². The minimum absolute atomic E-state index is 0.0594. The summed E-state index contributed by atoms with van der Waals surface area (Å²) in [5.74, 6) is 0. The van der Waals surface area contributed by atoms with Gasteiger partial charge < -0.3 is 5.32 Å². The van der Waals surface area contributed by atoms with Crippen LogP contribution >= 0.6 is 11.6 Å². The fourth-order valence-corrected chi connectivity index (χ4v) is 3.33. The maximum absolute atomic E-state index is 6.37. The van der Waals surface area contributed by atoms with Gasteiger partial charge in [-0.1, -0.05) is 25.4 Å². The van der Waals surface area contributed by atoms with E-state index in [1.807, 2.05) is 21.0 Å². The zero-order valence-corrected chi connectivity index (χ0v) is 14.7. The van der Waals surface area contributed by atoms with Crippen molar-refractivity contribution in [2.75, 3.05) is 20.1 Å². The first kappa shape index (κ1) is 17.5. The lowest BCUT2D eigenvalue weighted by Crippen LogP contribution is -2.57. The van der Waals surface area contributed by atoms with E-state index in [-0.39, 0.29) is 5.54 Å². The van der Waals surface area contributed by atoms with Crippen molar-refractivity contribution in [2.24, 2.45) is 7.05 Å². The quantitative estimate of drug-likeness (QED) is 0.840. The highest BCUT2D eigenvalue weighted by molar-refractivity contribution is 6.30. The molecule has 116 valence electrons. The third-order valence-corrected chi connectivity index (χ3v) is 4.93. The summed E-state index contributed by atoms with van der Waals surface area (Å²) >= 11 is 6.37. The molecule has 0 aromatic carbocycles. The second kappa shape index (κ2) is 6.92. The lowest BCUT2D eigenvalue weighted by atomic mass is 9.87. The number of nitrogens with zero attached hydrogens (tertiary/aromatic N) is 3. The maximum atomic E-state index is 6.37. The molecule has 0 amide bonds. The van der Waals surface area contributed by atoms with E-state index in [0.29, 0.717) is 6.04 Å². The lowest BCUT2D eigenvalue weighted by Gasteiger charge is -2.43. The molecule has 0 fully saturated rings. The number of aromatic nitrogens is 2. The predicted molar refractivity (Wildman–Crippen MR) is 86.5 cm³/mol. The van der Waals surface area contributed by atoms with Gasteiger partial charge in [-0.15, -0.1) is 0 Å². The van der Waals surface area contributed by atoms with Crippen molar-refractivity contribution < 1.29 is 0 Å². The van der Waals surface area contributed by atoms with Gasteiger partial charge in [-0.2, -0.15) is 5.10 Å². The van der Waals surface area contributed by atoms with E-state index >= 15 is 0 Å². The molecule has 1 unspecified atom stereocenters. The van der Waals surface area contributed by atoms with E-state index in [9.17, 15) is 0 Å². The van der Waals surface area contributed by atoms with E-state index in [1.54, 1.807) is 4.68 Å². The molecule has 1 rings (SSSR count). The Morgan fingerprint density at radius 1 is 1.35 bits per heavy atom. The van der Waals surface area contributed by atoms with Gasteiger partial charge in [0.25, 0.3) is 0 Å². The van der Waals surface area contributed by atoms with E-state index in [2.05, 4.69) is 43.0 Å². The highest BCUT2D eigenvalue weighted by Crippen LogP contribution is 2.26. The molecule has 1 atom stereocenters. The molecule has 0 spiro atoms. The molecule has 4 nitrogen and oxygen atoms in total. The van der Waals surface area contributed by atoms with E-state index in [4.69, 9.17) is 11.6 Å². The van der Waals surface area contributed by atoms with Crippen LogP contribution in [0.2, 0.25) is 5.15 Å². The van der Waals surface area contributed by atoms with Crippen molar-refractivity contribution >= 4 is 11.6 Å². The van der Waals surface area contributed by atoms with Gasteiger partial charge in [0.2, 0.25) is 0 Å². The van der Waals surface area contributed by atoms with Crippen molar-refractivity contribution in [1.29, 1.82) is 0 Å². The zero-order chi connectivity index (χ0) is 15.5. The van der Waals surface area contributed by atoms with Crippen LogP contribution in [-0.4, -0.2) is 46.4 Å². The van der Waals surface area contributed by atoms with Gasteiger partial charge in [0.15, 0.2) is 0 Å². The van der Waals surface area contributed by atoms with E-state index in [0.717, 1.165) is 35.9 Å². The van der Waals surface area contributed by atoms with Gasteiger partial charge in [-0.3, -0.25) is 9.58 Å². The Balaban J connectivity index is 3.02. The average molecular weight is 301 g/mol. The number of hydrogen-bond donors (Lipinski definition) is 1. The molecule has 1 N–H and O–H groups in total. The summed E-state index contributed by atoms with van der Waals surface area (Å²) in [5, 5.41) is 8.62. The van der Waals surface area contributed by atoms with Crippen LogP contribution in [-0.2, 0) is 13.5 Å². The number of nitrogens with one attached hydrogen (secondary N) is 1. The fourth-order valence-electron chi connectivity index (χ4n) is 3.07. The third kappa shape index (κ3) is 3.35. The summed E-state index contributed by atoms with van der Waals surface area (Å²) in [6.07, 6.45) is 0.887. The zero-order valence-electron chi connectivity index (χ0n) is 13.9. The van der Waals surface area contributed by atoms with Gasteiger partial charge in [0.05, 0.1) is 5.69 Å². The van der Waals surface area contributed by atoms with Gasteiger partial charge >= 0.3 is 0 Å². The maximum Gasteiger partial charge on any atom is 0.130 e. The Morgan fingerprint density at radius 2 is 1.90 bits per heavy atom. The van der Waals surface area contributed by atoms with Crippen molar-refractivity contribution in [3.05, 3.63) is 16.4 Å². The molecule has 0 aliphatic heterocycles. The smallest absolute Gasteiger partial charge is 0.130 e. The Bertz CT molecular complexity index is 435. The van der Waals surface area contributed by atoms with Crippen molar-refractivity contribution in [1.82, 2.24) is 20.0 Å². The van der Waals surface area contributed by atoms with Crippen LogP contribution in [0.5, 0.6) is 0 Å². The van der Waals surface area contributed by atoms with Gasteiger partial charge in [-0.05, 0) is 47.3 Å². The largest absolute Gasteiger partial charge is 0.315 e. The number of rotatable bonds is 7. The van der Waals surface area contributed by atoms with Crippen LogP contribution in [0.3, 0.4) is 0 Å². The molecule has 0 saturated heterocycles. The summed E-state index contributed by atoms with van der Waals surface area (Å²) in [4.78, 5) is 2.48. The number of halogens is 1. The highest BCUT2D eigenvalue weighted by Gasteiger charge is 2.34. The van der Waals surface area contributed by atoms with E-state index < -0.39 is 0 Å². The van der Waals surface area contributed by atoms with Crippen LogP contribution in [0.4, 0.5) is 0 Å². The molecule has 0 aliphatic rings. The number of likely N-dealkylation sites (N-methyl/N-ethyl adjacent to an activating group) is 2. The number of aryl methyl sites for hydroxylation is 2. The Morgan fingerprint density at radius 3 is 2.25 bits per heavy atom. The highest BCUT2D eigenvalue weighted by atomic mass is 35.5. The van der Waals surface area contributed by atoms with Crippen molar-refractivity contribution in [3.8, 4) is 0 Å². The molecule has 20 heavy (non-hydrogen) atoms. The van der Waals surface area contributed by atoms with Crippen molar-refractivity contribution in [3.63, 3.8) is 0 Å². The fraction of sp³-hybridized carbons (Fsp3) is 0.800. The second-order valence-electron chi connectivity index (χ2n) is 5.85. The van der Waals surface area contributed by atoms with Gasteiger partial charge in [0.1, 0.15) is 5.15 Å². The standard InChI is InChI=1S/C15H29ClN4/c1-8-20(9-2)15(4,5)13(17-6)10-12-11(3)18-19(7)14(12)16/h13,17H,8-10H2,1-7H3. The monoisotopic (exact) mass is 300 g/mol. The molecular weight excluding hydrogens is 272 g/mol. The number of hydrogen-bond acceptors (Lipinski definition) is 3. The molecule has 0 bridgehead atoms. The minimum Gasteiger partial charge on any atom is -0.315 e. The molecule has 0 saturated carbocycles. The molecule has 1 aromatic heterocycles. The van der Waals surface area contributed by atoms with Crippen LogP contribution < -0.4 is 5.32 Å². The van der Waals surface area contributed by atoms with Gasteiger partial charge in [0, 0.05) is 24.2 Å².